The van der Waals surface area contributed by atoms with Crippen LogP contribution in [-0.2, 0) is 5.41 Å². The number of nitrogens with one attached hydrogen (secondary N) is 1. The molecule has 0 atom stereocenters. The van der Waals surface area contributed by atoms with Crippen LogP contribution in [0.2, 0.25) is 0 Å². The molecule has 0 saturated carbocycles. The SMILES string of the molecule is Cc1ncc(NC(=O)c2cccc(C(C)(C)C#N)c2)cc1N(N)/C=C(\N)c1cncnc1. The Labute approximate surface area is 186 Å². The molecule has 0 aliphatic heterocycles. The lowest BCUT2D eigenvalue weighted by atomic mass is 9.85. The number of nitrogens with two attached hydrogens (primary N) is 2. The van der Waals surface area contributed by atoms with Gasteiger partial charge in [-0.1, -0.05) is 12.1 Å². The van der Waals surface area contributed by atoms with Crippen LogP contribution < -0.4 is 21.9 Å². The molecular formula is C23H24N8O. The van der Waals surface area contributed by atoms with Crippen molar-refractivity contribution in [3.8, 4) is 6.07 Å². The number of carbonyl (C=O) groups excluding carboxylic acids is 1. The lowest BCUT2D eigenvalue weighted by Gasteiger charge is -2.19. The van der Waals surface area contributed by atoms with E-state index in [1.807, 2.05) is 6.07 Å². The number of amides is 1. The molecule has 9 nitrogen and oxygen atoms in total. The van der Waals surface area contributed by atoms with Gasteiger partial charge in [0.1, 0.15) is 6.33 Å². The van der Waals surface area contributed by atoms with Gasteiger partial charge in [-0.15, -0.1) is 0 Å². The molecular weight excluding hydrogens is 404 g/mol. The van der Waals surface area contributed by atoms with Crippen molar-refractivity contribution in [2.24, 2.45) is 11.6 Å². The van der Waals surface area contributed by atoms with Gasteiger partial charge in [-0.2, -0.15) is 5.26 Å². The molecule has 0 bridgehead atoms. The molecule has 3 rings (SSSR count). The highest BCUT2D eigenvalue weighted by atomic mass is 16.1. The third-order valence-corrected chi connectivity index (χ3v) is 4.89. The first kappa shape index (κ1) is 22.4. The van der Waals surface area contributed by atoms with Crippen molar-refractivity contribution in [1.29, 1.82) is 5.26 Å². The fourth-order valence-electron chi connectivity index (χ4n) is 2.91. The van der Waals surface area contributed by atoms with Gasteiger partial charge in [0, 0.05) is 29.7 Å². The average molecular weight is 429 g/mol. The van der Waals surface area contributed by atoms with Gasteiger partial charge in [-0.3, -0.25) is 14.8 Å². The molecule has 0 saturated heterocycles. The zero-order valence-electron chi connectivity index (χ0n) is 18.1. The number of hydrogen-bond donors (Lipinski definition) is 3. The molecule has 0 spiro atoms. The number of carbonyl (C=O) groups is 1. The predicted octanol–water partition coefficient (Wildman–Crippen LogP) is 2.87. The maximum absolute atomic E-state index is 12.8. The van der Waals surface area contributed by atoms with Crippen LogP contribution in [0, 0.1) is 18.3 Å². The van der Waals surface area contributed by atoms with E-state index < -0.39 is 5.41 Å². The van der Waals surface area contributed by atoms with Crippen LogP contribution in [-0.4, -0.2) is 20.9 Å². The highest BCUT2D eigenvalue weighted by Crippen LogP contribution is 2.25. The number of nitriles is 1. The number of aryl methyl sites for hydroxylation is 1. The summed E-state index contributed by atoms with van der Waals surface area (Å²) < 4.78 is 0. The van der Waals surface area contributed by atoms with Crippen molar-refractivity contribution in [3.05, 3.63) is 83.8 Å². The van der Waals surface area contributed by atoms with Crippen LogP contribution in [0.25, 0.3) is 5.70 Å². The van der Waals surface area contributed by atoms with E-state index >= 15 is 0 Å². The molecule has 3 aromatic rings. The summed E-state index contributed by atoms with van der Waals surface area (Å²) >= 11 is 0. The summed E-state index contributed by atoms with van der Waals surface area (Å²) in [6.45, 7) is 5.40. The average Bonchev–Trinajstić information content (AvgIpc) is 2.80. The van der Waals surface area contributed by atoms with Crippen molar-refractivity contribution in [2.75, 3.05) is 10.3 Å². The number of pyridine rings is 1. The molecule has 2 aromatic heterocycles. The number of hydrazine groups is 1. The van der Waals surface area contributed by atoms with E-state index in [1.165, 1.54) is 17.5 Å². The third-order valence-electron chi connectivity index (χ3n) is 4.89. The van der Waals surface area contributed by atoms with Gasteiger partial charge >= 0.3 is 0 Å². The monoisotopic (exact) mass is 428 g/mol. The minimum absolute atomic E-state index is 0.322. The number of aromatic nitrogens is 3. The second-order valence-electron chi connectivity index (χ2n) is 7.72. The van der Waals surface area contributed by atoms with Crippen molar-refractivity contribution in [2.45, 2.75) is 26.2 Å². The molecule has 0 fully saturated rings. The second kappa shape index (κ2) is 9.24. The Balaban J connectivity index is 1.83. The van der Waals surface area contributed by atoms with Crippen LogP contribution in [0.3, 0.4) is 0 Å². The smallest absolute Gasteiger partial charge is 0.255 e. The summed E-state index contributed by atoms with van der Waals surface area (Å²) in [6, 6.07) is 10.9. The third kappa shape index (κ3) is 5.06. The first-order valence-electron chi connectivity index (χ1n) is 9.77. The minimum Gasteiger partial charge on any atom is -0.397 e. The predicted molar refractivity (Wildman–Crippen MR) is 123 cm³/mol. The molecule has 1 amide bonds. The van der Waals surface area contributed by atoms with E-state index in [1.54, 1.807) is 63.6 Å². The molecule has 2 heterocycles. The molecule has 162 valence electrons. The molecule has 0 unspecified atom stereocenters. The lowest BCUT2D eigenvalue weighted by molar-refractivity contribution is 0.102. The van der Waals surface area contributed by atoms with Gasteiger partial charge in [0.15, 0.2) is 0 Å². The van der Waals surface area contributed by atoms with Crippen LogP contribution in [0.5, 0.6) is 0 Å². The number of rotatable bonds is 6. The van der Waals surface area contributed by atoms with E-state index in [0.717, 1.165) is 5.56 Å². The summed E-state index contributed by atoms with van der Waals surface area (Å²) in [5, 5.41) is 13.5. The molecule has 9 heteroatoms. The van der Waals surface area contributed by atoms with E-state index in [9.17, 15) is 10.1 Å². The van der Waals surface area contributed by atoms with Gasteiger partial charge in [0.05, 0.1) is 40.4 Å². The van der Waals surface area contributed by atoms with Crippen LogP contribution in [0.1, 0.15) is 41.0 Å². The van der Waals surface area contributed by atoms with Crippen LogP contribution >= 0.6 is 0 Å². The van der Waals surface area contributed by atoms with Gasteiger partial charge in [-0.25, -0.2) is 15.8 Å². The zero-order valence-corrected chi connectivity index (χ0v) is 18.1. The van der Waals surface area contributed by atoms with Crippen LogP contribution in [0.4, 0.5) is 11.4 Å². The first-order valence-corrected chi connectivity index (χ1v) is 9.77. The topological polar surface area (TPSA) is 147 Å². The molecule has 0 aliphatic carbocycles. The number of hydrogen-bond acceptors (Lipinski definition) is 8. The second-order valence-corrected chi connectivity index (χ2v) is 7.72. The van der Waals surface area contributed by atoms with Crippen molar-refractivity contribution in [1.82, 2.24) is 15.0 Å². The summed E-state index contributed by atoms with van der Waals surface area (Å²) in [5.74, 6) is 5.86. The Morgan fingerprint density at radius 3 is 2.59 bits per heavy atom. The largest absolute Gasteiger partial charge is 0.397 e. The Bertz CT molecular complexity index is 1200. The normalized spacial score (nSPS) is 11.5. The number of nitrogens with zero attached hydrogens (tertiary/aromatic N) is 5. The highest BCUT2D eigenvalue weighted by Gasteiger charge is 2.21. The molecule has 1 aromatic carbocycles. The van der Waals surface area contributed by atoms with E-state index in [2.05, 4.69) is 26.3 Å². The standard InChI is InChI=1S/C23H24N8O/c1-15-21(31(26)12-20(25)17-9-27-14-28-10-17)8-19(11-29-15)30-22(32)16-5-4-6-18(7-16)23(2,3)13-24/h4-12,14H,25-26H2,1-3H3,(H,30,32)/b20-12-. The highest BCUT2D eigenvalue weighted by molar-refractivity contribution is 6.04. The Morgan fingerprint density at radius 1 is 1.19 bits per heavy atom. The quantitative estimate of drug-likeness (QED) is 0.401. The lowest BCUT2D eigenvalue weighted by Crippen LogP contribution is -2.27. The summed E-state index contributed by atoms with van der Waals surface area (Å²) in [4.78, 5) is 25.0. The Kier molecular flexibility index (Phi) is 6.47. The maximum Gasteiger partial charge on any atom is 0.255 e. The molecule has 0 aliphatic rings. The number of benzene rings is 1. The van der Waals surface area contributed by atoms with E-state index in [4.69, 9.17) is 11.6 Å². The van der Waals surface area contributed by atoms with E-state index in [-0.39, 0.29) is 5.91 Å². The molecule has 32 heavy (non-hydrogen) atoms. The first-order chi connectivity index (χ1) is 15.2. The summed E-state index contributed by atoms with van der Waals surface area (Å²) in [7, 11) is 0. The van der Waals surface area contributed by atoms with Crippen molar-refractivity contribution >= 4 is 23.0 Å². The summed E-state index contributed by atoms with van der Waals surface area (Å²) in [6.07, 6.45) is 7.65. The maximum atomic E-state index is 12.8. The Morgan fingerprint density at radius 2 is 1.91 bits per heavy atom. The fraction of sp³-hybridized carbons (Fsp3) is 0.174. The Hall–Kier alpha value is -4.29. The van der Waals surface area contributed by atoms with Gasteiger partial charge < -0.3 is 11.1 Å². The van der Waals surface area contributed by atoms with Gasteiger partial charge in [-0.05, 0) is 44.5 Å². The van der Waals surface area contributed by atoms with E-state index in [0.29, 0.717) is 33.9 Å². The van der Waals surface area contributed by atoms with Gasteiger partial charge in [0.25, 0.3) is 5.91 Å². The summed E-state index contributed by atoms with van der Waals surface area (Å²) in [5.41, 5.74) is 9.24. The fourth-order valence-corrected chi connectivity index (χ4v) is 2.91. The zero-order chi connectivity index (χ0) is 23.3. The molecule has 5 N–H and O–H groups in total. The van der Waals surface area contributed by atoms with Crippen molar-refractivity contribution in [3.63, 3.8) is 0 Å². The minimum atomic E-state index is -0.703. The molecule has 0 radical (unpaired) electrons. The van der Waals surface area contributed by atoms with Crippen LogP contribution in [0.15, 0.2) is 61.4 Å². The number of anilines is 2. The van der Waals surface area contributed by atoms with Crippen molar-refractivity contribution < 1.29 is 4.79 Å². The van der Waals surface area contributed by atoms with Gasteiger partial charge in [0.2, 0.25) is 0 Å².